The van der Waals surface area contributed by atoms with Gasteiger partial charge in [-0.1, -0.05) is 24.6 Å². The molecule has 1 aliphatic rings. The van der Waals surface area contributed by atoms with Crippen molar-refractivity contribution in [1.29, 1.82) is 0 Å². The quantitative estimate of drug-likeness (QED) is 0.797. The van der Waals surface area contributed by atoms with Gasteiger partial charge in [-0.15, -0.1) is 0 Å². The van der Waals surface area contributed by atoms with Crippen molar-refractivity contribution in [3.8, 4) is 5.75 Å². The zero-order valence-electron chi connectivity index (χ0n) is 12.6. The van der Waals surface area contributed by atoms with E-state index in [0.29, 0.717) is 13.2 Å². The van der Waals surface area contributed by atoms with Crippen LogP contribution in [0.15, 0.2) is 18.2 Å². The van der Waals surface area contributed by atoms with Crippen LogP contribution < -0.4 is 10.1 Å². The van der Waals surface area contributed by atoms with Gasteiger partial charge < -0.3 is 19.9 Å². The van der Waals surface area contributed by atoms with Crippen LogP contribution in [0.2, 0.25) is 0 Å². The molecule has 0 spiro atoms. The molecular weight excluding hydrogens is 254 g/mol. The number of aryl methyl sites for hydroxylation is 2. The largest absolute Gasteiger partial charge is 0.491 e. The molecule has 0 aromatic heterocycles. The highest BCUT2D eigenvalue weighted by Gasteiger charge is 2.32. The highest BCUT2D eigenvalue weighted by Crippen LogP contribution is 2.25. The van der Waals surface area contributed by atoms with Crippen LogP contribution in [0.1, 0.15) is 18.1 Å². The molecule has 1 aromatic carbocycles. The van der Waals surface area contributed by atoms with Gasteiger partial charge in [-0.3, -0.25) is 0 Å². The summed E-state index contributed by atoms with van der Waals surface area (Å²) in [6.07, 6.45) is -0.500. The fourth-order valence-electron chi connectivity index (χ4n) is 2.30. The third kappa shape index (κ3) is 4.20. The molecule has 0 aliphatic carbocycles. The number of ether oxygens (including phenoxy) is 2. The van der Waals surface area contributed by atoms with E-state index in [4.69, 9.17) is 9.47 Å². The van der Waals surface area contributed by atoms with Gasteiger partial charge in [0.05, 0.1) is 13.2 Å². The highest BCUT2D eigenvalue weighted by atomic mass is 16.5. The molecule has 0 amide bonds. The van der Waals surface area contributed by atoms with Crippen LogP contribution in [0.3, 0.4) is 0 Å². The normalized spacial score (nSPS) is 18.4. The van der Waals surface area contributed by atoms with Crippen LogP contribution in [0.4, 0.5) is 0 Å². The predicted octanol–water partition coefficient (Wildman–Crippen LogP) is 1.67. The smallest absolute Gasteiger partial charge is 0.122 e. The van der Waals surface area contributed by atoms with Crippen LogP contribution in [0.25, 0.3) is 0 Å². The molecular formula is C16H25NO3. The first-order valence-electron chi connectivity index (χ1n) is 7.15. The minimum absolute atomic E-state index is 0.230. The minimum Gasteiger partial charge on any atom is -0.491 e. The number of hydrogen-bond acceptors (Lipinski definition) is 4. The molecule has 1 aromatic rings. The standard InChI is InChI=1S/C16H25NO3/c1-12-4-5-15(13(2)6-12)20-8-14(18)7-17-9-16(3)10-19-11-16/h4-6,14,17-18H,7-11H2,1-3H3. The number of benzene rings is 1. The summed E-state index contributed by atoms with van der Waals surface area (Å²) in [5, 5.41) is 13.2. The lowest BCUT2D eigenvalue weighted by molar-refractivity contribution is -0.0997. The van der Waals surface area contributed by atoms with E-state index in [9.17, 15) is 5.11 Å². The van der Waals surface area contributed by atoms with Gasteiger partial charge in [0.15, 0.2) is 0 Å². The summed E-state index contributed by atoms with van der Waals surface area (Å²) in [5.41, 5.74) is 2.55. The Labute approximate surface area is 121 Å². The molecule has 1 saturated heterocycles. The summed E-state index contributed by atoms with van der Waals surface area (Å²) in [5.74, 6) is 0.842. The second kappa shape index (κ2) is 6.57. The molecule has 1 heterocycles. The maximum Gasteiger partial charge on any atom is 0.122 e. The fraction of sp³-hybridized carbons (Fsp3) is 0.625. The van der Waals surface area contributed by atoms with Crippen molar-refractivity contribution in [2.24, 2.45) is 5.41 Å². The summed E-state index contributed by atoms with van der Waals surface area (Å²) in [6.45, 7) is 9.58. The van der Waals surface area contributed by atoms with Gasteiger partial charge in [-0.2, -0.15) is 0 Å². The molecule has 4 heteroatoms. The minimum atomic E-state index is -0.500. The highest BCUT2D eigenvalue weighted by molar-refractivity contribution is 5.35. The molecule has 112 valence electrons. The zero-order valence-corrected chi connectivity index (χ0v) is 12.6. The molecule has 1 unspecified atom stereocenters. The van der Waals surface area contributed by atoms with Crippen LogP contribution in [0, 0.1) is 19.3 Å². The van der Waals surface area contributed by atoms with Gasteiger partial charge in [0.2, 0.25) is 0 Å². The van der Waals surface area contributed by atoms with Crippen LogP contribution in [-0.2, 0) is 4.74 Å². The Morgan fingerprint density at radius 3 is 2.75 bits per heavy atom. The second-order valence-corrected chi connectivity index (χ2v) is 6.17. The van der Waals surface area contributed by atoms with Crippen molar-refractivity contribution in [3.63, 3.8) is 0 Å². The number of aliphatic hydroxyl groups excluding tert-OH is 1. The van der Waals surface area contributed by atoms with Gasteiger partial charge >= 0.3 is 0 Å². The predicted molar refractivity (Wildman–Crippen MR) is 79.2 cm³/mol. The first kappa shape index (κ1) is 15.3. The van der Waals surface area contributed by atoms with Crippen molar-refractivity contribution in [2.45, 2.75) is 26.9 Å². The van der Waals surface area contributed by atoms with Crippen molar-refractivity contribution >= 4 is 0 Å². The van der Waals surface area contributed by atoms with Gasteiger partial charge in [0, 0.05) is 18.5 Å². The summed E-state index contributed by atoms with van der Waals surface area (Å²) >= 11 is 0. The zero-order chi connectivity index (χ0) is 14.6. The third-order valence-corrected chi connectivity index (χ3v) is 3.59. The van der Waals surface area contributed by atoms with E-state index in [1.54, 1.807) is 0 Å². The maximum atomic E-state index is 9.92. The van der Waals surface area contributed by atoms with Gasteiger partial charge in [-0.25, -0.2) is 0 Å². The Hall–Kier alpha value is -1.10. The average molecular weight is 279 g/mol. The molecule has 0 saturated carbocycles. The fourth-order valence-corrected chi connectivity index (χ4v) is 2.30. The SMILES string of the molecule is Cc1ccc(OCC(O)CNCC2(C)COC2)c(C)c1. The van der Waals surface area contributed by atoms with Crippen LogP contribution >= 0.6 is 0 Å². The Morgan fingerprint density at radius 1 is 1.40 bits per heavy atom. The van der Waals surface area contributed by atoms with Crippen LogP contribution in [0.5, 0.6) is 5.75 Å². The molecule has 2 rings (SSSR count). The van der Waals surface area contributed by atoms with Gasteiger partial charge in [0.1, 0.15) is 18.5 Å². The number of nitrogens with one attached hydrogen (secondary N) is 1. The maximum absolute atomic E-state index is 9.92. The van der Waals surface area contributed by atoms with E-state index in [1.807, 2.05) is 19.1 Å². The molecule has 0 radical (unpaired) electrons. The van der Waals surface area contributed by atoms with E-state index in [1.165, 1.54) is 5.56 Å². The Morgan fingerprint density at radius 2 is 2.15 bits per heavy atom. The Balaban J connectivity index is 1.67. The summed E-state index contributed by atoms with van der Waals surface area (Å²) < 4.78 is 10.9. The molecule has 0 bridgehead atoms. The van der Waals surface area contributed by atoms with E-state index in [0.717, 1.165) is 31.1 Å². The van der Waals surface area contributed by atoms with E-state index in [2.05, 4.69) is 25.2 Å². The number of hydrogen-bond donors (Lipinski definition) is 2. The molecule has 1 atom stereocenters. The van der Waals surface area contributed by atoms with Crippen LogP contribution in [-0.4, -0.2) is 44.1 Å². The summed E-state index contributed by atoms with van der Waals surface area (Å²) in [4.78, 5) is 0. The molecule has 1 aliphatic heterocycles. The second-order valence-electron chi connectivity index (χ2n) is 6.17. The summed E-state index contributed by atoms with van der Waals surface area (Å²) in [6, 6.07) is 6.05. The van der Waals surface area contributed by atoms with E-state index >= 15 is 0 Å². The molecule has 4 nitrogen and oxygen atoms in total. The topological polar surface area (TPSA) is 50.7 Å². The third-order valence-electron chi connectivity index (χ3n) is 3.59. The van der Waals surface area contributed by atoms with Gasteiger partial charge in [-0.05, 0) is 25.5 Å². The van der Waals surface area contributed by atoms with Crippen molar-refractivity contribution in [1.82, 2.24) is 5.32 Å². The summed E-state index contributed by atoms with van der Waals surface area (Å²) in [7, 11) is 0. The number of rotatable bonds is 7. The molecule has 20 heavy (non-hydrogen) atoms. The van der Waals surface area contributed by atoms with Crippen molar-refractivity contribution in [2.75, 3.05) is 32.9 Å². The molecule has 1 fully saturated rings. The van der Waals surface area contributed by atoms with Crippen molar-refractivity contribution in [3.05, 3.63) is 29.3 Å². The lowest BCUT2D eigenvalue weighted by Gasteiger charge is -2.38. The average Bonchev–Trinajstić information content (AvgIpc) is 2.35. The first-order chi connectivity index (χ1) is 9.48. The van der Waals surface area contributed by atoms with Gasteiger partial charge in [0.25, 0.3) is 0 Å². The van der Waals surface area contributed by atoms with Crippen molar-refractivity contribution < 1.29 is 14.6 Å². The molecule has 2 N–H and O–H groups in total. The van der Waals surface area contributed by atoms with E-state index < -0.39 is 6.10 Å². The first-order valence-corrected chi connectivity index (χ1v) is 7.15. The lowest BCUT2D eigenvalue weighted by Crippen LogP contribution is -2.48. The number of aliphatic hydroxyl groups is 1. The lowest BCUT2D eigenvalue weighted by atomic mass is 9.89. The Kier molecular flexibility index (Phi) is 5.02. The Bertz CT molecular complexity index is 443. The van der Waals surface area contributed by atoms with E-state index in [-0.39, 0.29) is 5.41 Å². The monoisotopic (exact) mass is 279 g/mol.